The van der Waals surface area contributed by atoms with Crippen molar-refractivity contribution in [3.63, 3.8) is 0 Å². The van der Waals surface area contributed by atoms with Gasteiger partial charge >= 0.3 is 5.97 Å². The quantitative estimate of drug-likeness (QED) is 0.688. The van der Waals surface area contributed by atoms with Crippen LogP contribution in [0.4, 0.5) is 5.13 Å². The van der Waals surface area contributed by atoms with Gasteiger partial charge in [0.2, 0.25) is 0 Å². The summed E-state index contributed by atoms with van der Waals surface area (Å²) in [4.78, 5) is 31.8. The number of H-pyrrole nitrogens is 1. The number of carbonyl (C=O) groups excluding carboxylic acids is 2. The number of thiazole rings is 1. The molecule has 24 heavy (non-hydrogen) atoms. The first-order valence-electron chi connectivity index (χ1n) is 7.07. The van der Waals surface area contributed by atoms with Crippen LogP contribution in [0.15, 0.2) is 36.0 Å². The number of hydrogen-bond donors (Lipinski definition) is 2. The molecule has 0 fully saturated rings. The Morgan fingerprint density at radius 2 is 2.29 bits per heavy atom. The van der Waals surface area contributed by atoms with Gasteiger partial charge in [0.15, 0.2) is 10.8 Å². The van der Waals surface area contributed by atoms with Gasteiger partial charge in [-0.05, 0) is 25.1 Å². The highest BCUT2D eigenvalue weighted by atomic mass is 32.1. The number of carbonyl (C=O) groups is 2. The third kappa shape index (κ3) is 3.46. The molecular formula is C15H13N5O3S. The summed E-state index contributed by atoms with van der Waals surface area (Å²) in [7, 11) is 0. The molecule has 0 aliphatic heterocycles. The van der Waals surface area contributed by atoms with Crippen LogP contribution >= 0.6 is 11.3 Å². The predicted octanol–water partition coefficient (Wildman–Crippen LogP) is 2.36. The summed E-state index contributed by atoms with van der Waals surface area (Å²) in [5.41, 5.74) is 1.85. The first-order chi connectivity index (χ1) is 11.7. The lowest BCUT2D eigenvalue weighted by atomic mass is 10.2. The monoisotopic (exact) mass is 343 g/mol. The summed E-state index contributed by atoms with van der Waals surface area (Å²) >= 11 is 1.14. The van der Waals surface area contributed by atoms with Crippen molar-refractivity contribution >= 4 is 28.3 Å². The number of aromatic amines is 1. The van der Waals surface area contributed by atoms with Crippen LogP contribution < -0.4 is 5.32 Å². The smallest absolute Gasteiger partial charge is 0.357 e. The van der Waals surface area contributed by atoms with Crippen LogP contribution in [0.2, 0.25) is 0 Å². The molecule has 3 aromatic rings. The van der Waals surface area contributed by atoms with E-state index in [-0.39, 0.29) is 18.0 Å². The minimum atomic E-state index is -0.519. The number of amides is 1. The predicted molar refractivity (Wildman–Crippen MR) is 87.8 cm³/mol. The second-order valence-electron chi connectivity index (χ2n) is 4.62. The van der Waals surface area contributed by atoms with Crippen LogP contribution in [0.3, 0.4) is 0 Å². The molecule has 2 N–H and O–H groups in total. The molecule has 0 spiro atoms. The Morgan fingerprint density at radius 3 is 3.04 bits per heavy atom. The van der Waals surface area contributed by atoms with Gasteiger partial charge in [-0.2, -0.15) is 5.10 Å². The first kappa shape index (κ1) is 15.8. The van der Waals surface area contributed by atoms with E-state index < -0.39 is 11.9 Å². The molecule has 0 radical (unpaired) electrons. The van der Waals surface area contributed by atoms with E-state index >= 15 is 0 Å². The average molecular weight is 343 g/mol. The second kappa shape index (κ2) is 7.01. The van der Waals surface area contributed by atoms with Crippen molar-refractivity contribution in [3.8, 4) is 11.3 Å². The Kier molecular flexibility index (Phi) is 4.62. The molecule has 8 nitrogen and oxygen atoms in total. The summed E-state index contributed by atoms with van der Waals surface area (Å²) in [5, 5.41) is 11.2. The fourth-order valence-electron chi connectivity index (χ4n) is 1.89. The molecule has 0 aromatic carbocycles. The van der Waals surface area contributed by atoms with Crippen molar-refractivity contribution < 1.29 is 14.3 Å². The van der Waals surface area contributed by atoms with Gasteiger partial charge in [0.25, 0.3) is 5.91 Å². The highest BCUT2D eigenvalue weighted by molar-refractivity contribution is 7.14. The number of nitrogens with zero attached hydrogens (tertiary/aromatic N) is 3. The third-order valence-corrected chi connectivity index (χ3v) is 3.75. The summed E-state index contributed by atoms with van der Waals surface area (Å²) in [6, 6.07) is 5.25. The molecule has 0 aliphatic carbocycles. The van der Waals surface area contributed by atoms with Gasteiger partial charge in [0.05, 0.1) is 12.3 Å². The summed E-state index contributed by atoms with van der Waals surface area (Å²) in [6.07, 6.45) is 3.32. The minimum absolute atomic E-state index is 0.165. The number of esters is 1. The number of aromatic nitrogens is 4. The molecule has 0 saturated heterocycles. The van der Waals surface area contributed by atoms with E-state index in [2.05, 4.69) is 25.5 Å². The number of hydrogen-bond acceptors (Lipinski definition) is 7. The number of nitrogens with one attached hydrogen (secondary N) is 2. The molecule has 0 bridgehead atoms. The molecule has 3 rings (SSSR count). The molecule has 3 heterocycles. The standard InChI is InChI=1S/C15H13N5O3S/c1-2-23-14(22)12-8-24-15(17-12)18-13(21)11-6-10(19-20-11)9-4-3-5-16-7-9/h3-8H,2H2,1H3,(H,19,20)(H,17,18,21). The van der Waals surface area contributed by atoms with Crippen molar-refractivity contribution in [2.75, 3.05) is 11.9 Å². The van der Waals surface area contributed by atoms with Gasteiger partial charge in [-0.3, -0.25) is 20.2 Å². The fourth-order valence-corrected chi connectivity index (χ4v) is 2.57. The van der Waals surface area contributed by atoms with E-state index in [4.69, 9.17) is 4.74 Å². The maximum absolute atomic E-state index is 12.2. The van der Waals surface area contributed by atoms with Crippen molar-refractivity contribution in [2.45, 2.75) is 6.92 Å². The zero-order valence-electron chi connectivity index (χ0n) is 12.6. The van der Waals surface area contributed by atoms with E-state index in [1.54, 1.807) is 31.5 Å². The lowest BCUT2D eigenvalue weighted by molar-refractivity contribution is 0.0520. The SMILES string of the molecule is CCOC(=O)c1csc(NC(=O)c2cc(-c3cccnc3)n[nH]2)n1. The van der Waals surface area contributed by atoms with E-state index in [1.807, 2.05) is 6.07 Å². The highest BCUT2D eigenvalue weighted by Gasteiger charge is 2.15. The van der Waals surface area contributed by atoms with Gasteiger partial charge in [-0.15, -0.1) is 11.3 Å². The minimum Gasteiger partial charge on any atom is -0.461 e. The highest BCUT2D eigenvalue weighted by Crippen LogP contribution is 2.19. The zero-order chi connectivity index (χ0) is 16.9. The molecule has 0 unspecified atom stereocenters. The Morgan fingerprint density at radius 1 is 1.42 bits per heavy atom. The lowest BCUT2D eigenvalue weighted by Crippen LogP contribution is -2.12. The number of ether oxygens (including phenoxy) is 1. The van der Waals surface area contributed by atoms with Crippen LogP contribution in [0.5, 0.6) is 0 Å². The summed E-state index contributed by atoms with van der Waals surface area (Å²) < 4.78 is 4.85. The summed E-state index contributed by atoms with van der Waals surface area (Å²) in [5.74, 6) is -0.919. The van der Waals surface area contributed by atoms with Crippen LogP contribution in [0, 0.1) is 0 Å². The Labute approximate surface area is 140 Å². The van der Waals surface area contributed by atoms with Gasteiger partial charge in [0.1, 0.15) is 5.69 Å². The second-order valence-corrected chi connectivity index (χ2v) is 5.48. The molecule has 122 valence electrons. The van der Waals surface area contributed by atoms with Crippen molar-refractivity contribution in [2.24, 2.45) is 0 Å². The molecule has 1 amide bonds. The lowest BCUT2D eigenvalue weighted by Gasteiger charge is -1.98. The van der Waals surface area contributed by atoms with Gasteiger partial charge in [-0.1, -0.05) is 0 Å². The molecule has 0 aliphatic rings. The Balaban J connectivity index is 1.70. The van der Waals surface area contributed by atoms with Crippen LogP contribution in [0.25, 0.3) is 11.3 Å². The topological polar surface area (TPSA) is 110 Å². The maximum atomic E-state index is 12.2. The van der Waals surface area contributed by atoms with Gasteiger partial charge in [-0.25, -0.2) is 9.78 Å². The Bertz CT molecular complexity index is 859. The van der Waals surface area contributed by atoms with E-state index in [0.29, 0.717) is 10.8 Å². The molecular weight excluding hydrogens is 330 g/mol. The van der Waals surface area contributed by atoms with Crippen LogP contribution in [-0.4, -0.2) is 38.6 Å². The van der Waals surface area contributed by atoms with Crippen LogP contribution in [-0.2, 0) is 4.74 Å². The van der Waals surface area contributed by atoms with E-state index in [1.165, 1.54) is 5.38 Å². The zero-order valence-corrected chi connectivity index (χ0v) is 13.5. The normalized spacial score (nSPS) is 10.4. The van der Waals surface area contributed by atoms with Crippen molar-refractivity contribution in [3.05, 3.63) is 47.4 Å². The number of pyridine rings is 1. The largest absolute Gasteiger partial charge is 0.461 e. The fraction of sp³-hybridized carbons (Fsp3) is 0.133. The molecule has 9 heteroatoms. The van der Waals surface area contributed by atoms with Crippen molar-refractivity contribution in [1.82, 2.24) is 20.2 Å². The van der Waals surface area contributed by atoms with Gasteiger partial charge < -0.3 is 4.74 Å². The van der Waals surface area contributed by atoms with Crippen molar-refractivity contribution in [1.29, 1.82) is 0 Å². The van der Waals surface area contributed by atoms with Crippen LogP contribution in [0.1, 0.15) is 27.9 Å². The van der Waals surface area contributed by atoms with Gasteiger partial charge in [0, 0.05) is 23.3 Å². The average Bonchev–Trinajstić information content (AvgIpc) is 3.25. The number of anilines is 1. The third-order valence-electron chi connectivity index (χ3n) is 2.99. The number of rotatable bonds is 5. The molecule has 0 atom stereocenters. The van der Waals surface area contributed by atoms with E-state index in [9.17, 15) is 9.59 Å². The first-order valence-corrected chi connectivity index (χ1v) is 7.95. The molecule has 3 aromatic heterocycles. The summed E-state index contributed by atoms with van der Waals surface area (Å²) in [6.45, 7) is 1.98. The van der Waals surface area contributed by atoms with E-state index in [0.717, 1.165) is 16.9 Å². The molecule has 0 saturated carbocycles. The Hall–Kier alpha value is -3.07. The maximum Gasteiger partial charge on any atom is 0.357 e.